The summed E-state index contributed by atoms with van der Waals surface area (Å²) < 4.78 is 28.1. The number of aryl methyl sites for hydroxylation is 1. The van der Waals surface area contributed by atoms with E-state index < -0.39 is 27.9 Å². The van der Waals surface area contributed by atoms with Crippen molar-refractivity contribution in [2.24, 2.45) is 0 Å². The average Bonchev–Trinajstić information content (AvgIpc) is 3.37. The van der Waals surface area contributed by atoms with Crippen LogP contribution in [0, 0.1) is 6.92 Å². The summed E-state index contributed by atoms with van der Waals surface area (Å²) in [5, 5.41) is 1.68. The van der Waals surface area contributed by atoms with Gasteiger partial charge in [0.2, 0.25) is 5.91 Å². The largest absolute Gasteiger partial charge is 0.274 e. The summed E-state index contributed by atoms with van der Waals surface area (Å²) in [6.45, 7) is 1.95. The zero-order valence-electron chi connectivity index (χ0n) is 16.3. The van der Waals surface area contributed by atoms with Crippen LogP contribution in [-0.2, 0) is 26.2 Å². The van der Waals surface area contributed by atoms with Gasteiger partial charge in [-0.15, -0.1) is 11.3 Å². The smallest absolute Gasteiger partial charge is 0.253 e. The molecule has 0 radical (unpaired) electrons. The first-order valence-electron chi connectivity index (χ1n) is 9.40. The van der Waals surface area contributed by atoms with Crippen LogP contribution in [0.5, 0.6) is 0 Å². The molecule has 1 aliphatic heterocycles. The summed E-state index contributed by atoms with van der Waals surface area (Å²) in [4.78, 5) is 27.0. The van der Waals surface area contributed by atoms with E-state index in [-0.39, 0.29) is 17.2 Å². The van der Waals surface area contributed by atoms with Gasteiger partial charge < -0.3 is 0 Å². The highest BCUT2D eigenvalue weighted by atomic mass is 32.2. The molecule has 1 fully saturated rings. The van der Waals surface area contributed by atoms with E-state index in [0.717, 1.165) is 31.7 Å². The number of nitrogens with zero attached hydrogens (tertiary/aromatic N) is 2. The van der Waals surface area contributed by atoms with Crippen LogP contribution < -0.4 is 4.90 Å². The number of anilines is 1. The van der Waals surface area contributed by atoms with Gasteiger partial charge in [0.25, 0.3) is 15.9 Å². The summed E-state index contributed by atoms with van der Waals surface area (Å²) >= 11 is 1.09. The number of carbonyl (C=O) groups excluding carboxylic acids is 2. The van der Waals surface area contributed by atoms with Crippen LogP contribution in [0.15, 0.2) is 76.3 Å². The van der Waals surface area contributed by atoms with E-state index in [2.05, 4.69) is 0 Å². The van der Waals surface area contributed by atoms with Crippen LogP contribution >= 0.6 is 11.3 Å². The minimum absolute atomic E-state index is 0.00678. The Morgan fingerprint density at radius 2 is 1.70 bits per heavy atom. The highest BCUT2D eigenvalue weighted by molar-refractivity contribution is 7.91. The summed E-state index contributed by atoms with van der Waals surface area (Å²) in [7, 11) is -3.96. The van der Waals surface area contributed by atoms with E-state index in [1.54, 1.807) is 41.8 Å². The SMILES string of the molecule is Cc1ccc(CN(C2CC(=O)N(c3ccccc3)C2=O)S(=O)(=O)c2cccs2)cc1. The molecule has 0 N–H and O–H groups in total. The fourth-order valence-electron chi connectivity index (χ4n) is 3.45. The van der Waals surface area contributed by atoms with E-state index in [1.807, 2.05) is 31.2 Å². The van der Waals surface area contributed by atoms with E-state index in [1.165, 1.54) is 6.07 Å². The number of amides is 2. The van der Waals surface area contributed by atoms with Crippen molar-refractivity contribution in [2.45, 2.75) is 30.1 Å². The Hall–Kier alpha value is -2.81. The Morgan fingerprint density at radius 3 is 2.33 bits per heavy atom. The molecular weight excluding hydrogens is 420 g/mol. The summed E-state index contributed by atoms with van der Waals surface area (Å²) in [5.74, 6) is -0.940. The first kappa shape index (κ1) is 20.5. The lowest BCUT2D eigenvalue weighted by Crippen LogP contribution is -2.44. The Balaban J connectivity index is 1.73. The molecule has 6 nitrogen and oxygen atoms in total. The second-order valence-corrected chi connectivity index (χ2v) is 10.2. The molecule has 1 saturated heterocycles. The number of hydrogen-bond donors (Lipinski definition) is 0. The standard InChI is InChI=1S/C22H20N2O4S2/c1-16-9-11-17(12-10-16)15-23(30(27,28)21-8-5-13-29-21)19-14-20(25)24(22(19)26)18-6-3-2-4-7-18/h2-13,19H,14-15H2,1H3. The molecule has 0 saturated carbocycles. The normalized spacial score (nSPS) is 17.1. The van der Waals surface area contributed by atoms with Crippen LogP contribution in [-0.4, -0.2) is 30.6 Å². The van der Waals surface area contributed by atoms with Crippen molar-refractivity contribution in [3.05, 3.63) is 83.2 Å². The summed E-state index contributed by atoms with van der Waals surface area (Å²) in [5.41, 5.74) is 2.24. The predicted molar refractivity (Wildman–Crippen MR) is 116 cm³/mol. The third-order valence-corrected chi connectivity index (χ3v) is 8.23. The molecule has 1 atom stereocenters. The number of benzene rings is 2. The third-order valence-electron chi connectivity index (χ3n) is 5.00. The monoisotopic (exact) mass is 440 g/mol. The van der Waals surface area contributed by atoms with E-state index in [4.69, 9.17) is 0 Å². The van der Waals surface area contributed by atoms with Gasteiger partial charge in [-0.05, 0) is 36.1 Å². The van der Waals surface area contributed by atoms with Gasteiger partial charge >= 0.3 is 0 Å². The zero-order chi connectivity index (χ0) is 21.3. The first-order chi connectivity index (χ1) is 14.4. The zero-order valence-corrected chi connectivity index (χ0v) is 17.9. The second kappa shape index (κ2) is 8.14. The van der Waals surface area contributed by atoms with E-state index in [0.29, 0.717) is 5.69 Å². The van der Waals surface area contributed by atoms with Gasteiger partial charge in [-0.1, -0.05) is 54.1 Å². The minimum atomic E-state index is -3.96. The van der Waals surface area contributed by atoms with Crippen molar-refractivity contribution in [3.63, 3.8) is 0 Å². The highest BCUT2D eigenvalue weighted by Crippen LogP contribution is 2.31. The highest BCUT2D eigenvalue weighted by Gasteiger charge is 2.47. The second-order valence-electron chi connectivity index (χ2n) is 7.09. The summed E-state index contributed by atoms with van der Waals surface area (Å²) in [6, 6.07) is 18.1. The van der Waals surface area contributed by atoms with Crippen LogP contribution in [0.1, 0.15) is 17.5 Å². The number of rotatable bonds is 6. The van der Waals surface area contributed by atoms with Gasteiger partial charge in [0.05, 0.1) is 12.1 Å². The molecule has 2 heterocycles. The molecule has 8 heteroatoms. The average molecular weight is 441 g/mol. The number of para-hydroxylation sites is 1. The van der Waals surface area contributed by atoms with Crippen LogP contribution in [0.25, 0.3) is 0 Å². The third kappa shape index (κ3) is 3.81. The van der Waals surface area contributed by atoms with Gasteiger partial charge in [-0.3, -0.25) is 9.59 Å². The molecule has 1 unspecified atom stereocenters. The van der Waals surface area contributed by atoms with Crippen molar-refractivity contribution < 1.29 is 18.0 Å². The molecule has 0 spiro atoms. The van der Waals surface area contributed by atoms with Crippen LogP contribution in [0.3, 0.4) is 0 Å². The molecule has 2 amide bonds. The molecule has 1 aromatic heterocycles. The molecule has 30 heavy (non-hydrogen) atoms. The van der Waals surface area contributed by atoms with Crippen molar-refractivity contribution in [1.29, 1.82) is 0 Å². The minimum Gasteiger partial charge on any atom is -0.274 e. The van der Waals surface area contributed by atoms with Gasteiger partial charge in [-0.2, -0.15) is 4.31 Å². The van der Waals surface area contributed by atoms with Gasteiger partial charge in [0.1, 0.15) is 10.3 Å². The lowest BCUT2D eigenvalue weighted by molar-refractivity contribution is -0.122. The van der Waals surface area contributed by atoms with E-state index >= 15 is 0 Å². The van der Waals surface area contributed by atoms with Crippen molar-refractivity contribution in [2.75, 3.05) is 4.90 Å². The predicted octanol–water partition coefficient (Wildman–Crippen LogP) is 3.58. The topological polar surface area (TPSA) is 74.8 Å². The van der Waals surface area contributed by atoms with Crippen LogP contribution in [0.2, 0.25) is 0 Å². The first-order valence-corrected chi connectivity index (χ1v) is 11.7. The Labute approximate surface area is 179 Å². The molecule has 154 valence electrons. The van der Waals surface area contributed by atoms with Crippen molar-refractivity contribution >= 4 is 38.9 Å². The maximum Gasteiger partial charge on any atom is 0.253 e. The Bertz CT molecular complexity index is 1160. The molecule has 0 aliphatic carbocycles. The molecule has 0 bridgehead atoms. The Kier molecular flexibility index (Phi) is 5.55. The number of carbonyl (C=O) groups is 2. The molecule has 1 aliphatic rings. The van der Waals surface area contributed by atoms with Gasteiger partial charge in [0.15, 0.2) is 0 Å². The lowest BCUT2D eigenvalue weighted by Gasteiger charge is -2.26. The van der Waals surface area contributed by atoms with Crippen molar-refractivity contribution in [3.8, 4) is 0 Å². The van der Waals surface area contributed by atoms with Crippen LogP contribution in [0.4, 0.5) is 5.69 Å². The number of sulfonamides is 1. The Morgan fingerprint density at radius 1 is 1.00 bits per heavy atom. The maximum absolute atomic E-state index is 13.4. The maximum atomic E-state index is 13.4. The molecular formula is C22H20N2O4S2. The fraction of sp³-hybridized carbons (Fsp3) is 0.182. The quantitative estimate of drug-likeness (QED) is 0.549. The summed E-state index contributed by atoms with van der Waals surface area (Å²) in [6.07, 6.45) is -0.190. The molecule has 4 rings (SSSR count). The number of thiophene rings is 1. The van der Waals surface area contributed by atoms with Crippen molar-refractivity contribution in [1.82, 2.24) is 4.31 Å². The fourth-order valence-corrected chi connectivity index (χ4v) is 6.14. The number of imide groups is 1. The number of hydrogen-bond acceptors (Lipinski definition) is 5. The molecule has 2 aromatic carbocycles. The van der Waals surface area contributed by atoms with Gasteiger partial charge in [0, 0.05) is 6.54 Å². The molecule has 3 aromatic rings. The lowest BCUT2D eigenvalue weighted by atomic mass is 10.1. The van der Waals surface area contributed by atoms with Gasteiger partial charge in [-0.25, -0.2) is 13.3 Å². The van der Waals surface area contributed by atoms with E-state index in [9.17, 15) is 18.0 Å².